The van der Waals surface area contributed by atoms with E-state index in [1.165, 1.54) is 7.11 Å². The predicted molar refractivity (Wildman–Crippen MR) is 66.4 cm³/mol. The van der Waals surface area contributed by atoms with Crippen molar-refractivity contribution in [3.63, 3.8) is 0 Å². The second kappa shape index (κ2) is 7.00. The van der Waals surface area contributed by atoms with Crippen molar-refractivity contribution >= 4 is 12.0 Å². The fourth-order valence-electron chi connectivity index (χ4n) is 1.66. The fraction of sp³-hybridized carbons (Fsp3) is 0.667. The minimum atomic E-state index is -0.943. The Morgan fingerprint density at radius 2 is 2.28 bits per heavy atom. The molecule has 6 nitrogen and oxygen atoms in total. The van der Waals surface area contributed by atoms with Gasteiger partial charge in [-0.1, -0.05) is 6.08 Å². The minimum absolute atomic E-state index is 0.123. The molecule has 0 saturated heterocycles. The van der Waals surface area contributed by atoms with Crippen LogP contribution in [0.4, 0.5) is 4.79 Å². The standard InChI is InChI=1S/C12H20N2O4/c1-3-6-14(9-4-5-9)12(17)13-8-10(18-2)7-11(15)16/h3,9-10H,1,4-8H2,2H3,(H,13,17)(H,15,16). The number of carbonyl (C=O) groups excluding carboxylic acids is 1. The van der Waals surface area contributed by atoms with Crippen LogP contribution in [-0.4, -0.2) is 54.4 Å². The van der Waals surface area contributed by atoms with Gasteiger partial charge in [0.2, 0.25) is 0 Å². The Labute approximate surface area is 107 Å². The fourth-order valence-corrected chi connectivity index (χ4v) is 1.66. The topological polar surface area (TPSA) is 78.9 Å². The first-order valence-corrected chi connectivity index (χ1v) is 5.98. The molecule has 0 aromatic heterocycles. The van der Waals surface area contributed by atoms with E-state index in [1.807, 2.05) is 0 Å². The summed E-state index contributed by atoms with van der Waals surface area (Å²) in [6, 6.07) is 0.105. The van der Waals surface area contributed by atoms with Gasteiger partial charge in [-0.2, -0.15) is 0 Å². The lowest BCUT2D eigenvalue weighted by Gasteiger charge is -2.22. The number of carbonyl (C=O) groups is 2. The first-order chi connectivity index (χ1) is 8.58. The summed E-state index contributed by atoms with van der Waals surface area (Å²) >= 11 is 0. The minimum Gasteiger partial charge on any atom is -0.481 e. The van der Waals surface area contributed by atoms with Gasteiger partial charge in [0.1, 0.15) is 0 Å². The molecule has 1 saturated carbocycles. The molecular weight excluding hydrogens is 236 g/mol. The lowest BCUT2D eigenvalue weighted by molar-refractivity contribution is -0.139. The molecular formula is C12H20N2O4. The normalized spacial score (nSPS) is 15.8. The molecule has 0 aromatic rings. The summed E-state index contributed by atoms with van der Waals surface area (Å²) < 4.78 is 4.99. The molecule has 0 radical (unpaired) electrons. The molecule has 0 heterocycles. The lowest BCUT2D eigenvalue weighted by Crippen LogP contribution is -2.44. The Bertz CT molecular complexity index is 315. The summed E-state index contributed by atoms with van der Waals surface area (Å²) in [5, 5.41) is 11.4. The Hall–Kier alpha value is -1.56. The number of carboxylic acids is 1. The van der Waals surface area contributed by atoms with Crippen molar-refractivity contribution in [2.75, 3.05) is 20.2 Å². The second-order valence-electron chi connectivity index (χ2n) is 4.31. The number of hydrogen-bond acceptors (Lipinski definition) is 3. The van der Waals surface area contributed by atoms with Crippen LogP contribution >= 0.6 is 0 Å². The zero-order valence-electron chi connectivity index (χ0n) is 10.6. The number of urea groups is 1. The third-order valence-electron chi connectivity index (χ3n) is 2.79. The van der Waals surface area contributed by atoms with E-state index in [4.69, 9.17) is 9.84 Å². The molecule has 1 rings (SSSR count). The van der Waals surface area contributed by atoms with Crippen molar-refractivity contribution < 1.29 is 19.4 Å². The van der Waals surface area contributed by atoms with Crippen LogP contribution in [0, 0.1) is 0 Å². The average molecular weight is 256 g/mol. The molecule has 0 spiro atoms. The molecule has 1 atom stereocenters. The van der Waals surface area contributed by atoms with Crippen molar-refractivity contribution in [2.24, 2.45) is 0 Å². The van der Waals surface area contributed by atoms with E-state index >= 15 is 0 Å². The number of methoxy groups -OCH3 is 1. The van der Waals surface area contributed by atoms with Gasteiger partial charge in [0.05, 0.1) is 12.5 Å². The number of amides is 2. The van der Waals surface area contributed by atoms with Crippen LogP contribution < -0.4 is 5.32 Å². The molecule has 0 aliphatic heterocycles. The van der Waals surface area contributed by atoms with E-state index in [0.29, 0.717) is 12.6 Å². The van der Waals surface area contributed by atoms with Crippen molar-refractivity contribution in [2.45, 2.75) is 31.4 Å². The zero-order valence-corrected chi connectivity index (χ0v) is 10.6. The highest BCUT2D eigenvalue weighted by atomic mass is 16.5. The third-order valence-corrected chi connectivity index (χ3v) is 2.79. The average Bonchev–Trinajstić information content (AvgIpc) is 3.14. The molecule has 1 unspecified atom stereocenters. The third kappa shape index (κ3) is 4.75. The summed E-state index contributed by atoms with van der Waals surface area (Å²) in [5.41, 5.74) is 0. The molecule has 0 bridgehead atoms. The van der Waals surface area contributed by atoms with E-state index in [0.717, 1.165) is 12.8 Å². The lowest BCUT2D eigenvalue weighted by atomic mass is 10.2. The molecule has 0 aromatic carbocycles. The van der Waals surface area contributed by atoms with Gasteiger partial charge in [-0.15, -0.1) is 6.58 Å². The highest BCUT2D eigenvalue weighted by Crippen LogP contribution is 2.26. The molecule has 6 heteroatoms. The van der Waals surface area contributed by atoms with Crippen LogP contribution in [0.3, 0.4) is 0 Å². The SMILES string of the molecule is C=CCN(C(=O)NCC(CC(=O)O)OC)C1CC1. The van der Waals surface area contributed by atoms with Crippen LogP contribution in [0.25, 0.3) is 0 Å². The second-order valence-corrected chi connectivity index (χ2v) is 4.31. The number of aliphatic carboxylic acids is 1. The van der Waals surface area contributed by atoms with E-state index in [-0.39, 0.29) is 19.0 Å². The van der Waals surface area contributed by atoms with Gasteiger partial charge in [-0.3, -0.25) is 4.79 Å². The van der Waals surface area contributed by atoms with Gasteiger partial charge < -0.3 is 20.1 Å². The summed E-state index contributed by atoms with van der Waals surface area (Å²) in [7, 11) is 1.43. The molecule has 1 aliphatic rings. The van der Waals surface area contributed by atoms with Crippen LogP contribution in [0.5, 0.6) is 0 Å². The monoisotopic (exact) mass is 256 g/mol. The molecule has 1 aliphatic carbocycles. The number of nitrogens with one attached hydrogen (secondary N) is 1. The van der Waals surface area contributed by atoms with E-state index in [2.05, 4.69) is 11.9 Å². The van der Waals surface area contributed by atoms with Gasteiger partial charge in [0, 0.05) is 26.2 Å². The molecule has 2 N–H and O–H groups in total. The first kappa shape index (κ1) is 14.5. The van der Waals surface area contributed by atoms with Gasteiger partial charge in [-0.05, 0) is 12.8 Å². The molecule has 2 amide bonds. The molecule has 1 fully saturated rings. The Balaban J connectivity index is 2.37. The smallest absolute Gasteiger partial charge is 0.318 e. The van der Waals surface area contributed by atoms with Crippen molar-refractivity contribution in [1.29, 1.82) is 0 Å². The van der Waals surface area contributed by atoms with Gasteiger partial charge >= 0.3 is 12.0 Å². The highest BCUT2D eigenvalue weighted by Gasteiger charge is 2.31. The Morgan fingerprint density at radius 3 is 2.72 bits per heavy atom. The van der Waals surface area contributed by atoms with Crippen molar-refractivity contribution in [3.05, 3.63) is 12.7 Å². The van der Waals surface area contributed by atoms with E-state index in [1.54, 1.807) is 11.0 Å². The van der Waals surface area contributed by atoms with Gasteiger partial charge in [0.25, 0.3) is 0 Å². The molecule has 18 heavy (non-hydrogen) atoms. The van der Waals surface area contributed by atoms with Crippen LogP contribution in [0.15, 0.2) is 12.7 Å². The van der Waals surface area contributed by atoms with E-state index < -0.39 is 12.1 Å². The molecule has 102 valence electrons. The summed E-state index contributed by atoms with van der Waals surface area (Å²) in [5.74, 6) is -0.943. The maximum Gasteiger partial charge on any atom is 0.318 e. The maximum atomic E-state index is 11.9. The summed E-state index contributed by atoms with van der Waals surface area (Å²) in [6.07, 6.45) is 3.09. The summed E-state index contributed by atoms with van der Waals surface area (Å²) in [6.45, 7) is 4.32. The van der Waals surface area contributed by atoms with E-state index in [9.17, 15) is 9.59 Å². The maximum absolute atomic E-state index is 11.9. The first-order valence-electron chi connectivity index (χ1n) is 5.98. The van der Waals surface area contributed by atoms with Gasteiger partial charge in [-0.25, -0.2) is 4.79 Å². The number of ether oxygens (including phenoxy) is 1. The van der Waals surface area contributed by atoms with Crippen molar-refractivity contribution in [1.82, 2.24) is 10.2 Å². The number of rotatable bonds is 8. The van der Waals surface area contributed by atoms with Crippen LogP contribution in [-0.2, 0) is 9.53 Å². The van der Waals surface area contributed by atoms with Crippen LogP contribution in [0.2, 0.25) is 0 Å². The summed E-state index contributed by atoms with van der Waals surface area (Å²) in [4.78, 5) is 24.1. The Morgan fingerprint density at radius 1 is 1.61 bits per heavy atom. The predicted octanol–water partition coefficient (Wildman–Crippen LogP) is 0.836. The largest absolute Gasteiger partial charge is 0.481 e. The zero-order chi connectivity index (χ0) is 13.5. The van der Waals surface area contributed by atoms with Crippen LogP contribution in [0.1, 0.15) is 19.3 Å². The van der Waals surface area contributed by atoms with Crippen molar-refractivity contribution in [3.8, 4) is 0 Å². The highest BCUT2D eigenvalue weighted by molar-refractivity contribution is 5.75. The number of nitrogens with zero attached hydrogens (tertiary/aromatic N) is 1. The number of hydrogen-bond donors (Lipinski definition) is 2. The number of carboxylic acid groups (broad SMARTS) is 1. The van der Waals surface area contributed by atoms with Gasteiger partial charge in [0.15, 0.2) is 0 Å². The quantitative estimate of drug-likeness (QED) is 0.631. The Kier molecular flexibility index (Phi) is 5.64.